The summed E-state index contributed by atoms with van der Waals surface area (Å²) in [4.78, 5) is 20.0. The first-order valence-electron chi connectivity index (χ1n) is 7.46. The Bertz CT molecular complexity index is 471. The van der Waals surface area contributed by atoms with Gasteiger partial charge in [-0.3, -0.25) is 4.79 Å². The van der Waals surface area contributed by atoms with Gasteiger partial charge in [0.25, 0.3) is 0 Å². The van der Waals surface area contributed by atoms with E-state index >= 15 is 0 Å². The third-order valence-electron chi connectivity index (χ3n) is 4.09. The second kappa shape index (κ2) is 5.90. The van der Waals surface area contributed by atoms with E-state index in [2.05, 4.69) is 36.1 Å². The molecule has 1 aliphatic rings. The van der Waals surface area contributed by atoms with E-state index in [1.807, 2.05) is 6.07 Å². The van der Waals surface area contributed by atoms with Gasteiger partial charge in [0.2, 0.25) is 0 Å². The van der Waals surface area contributed by atoms with Gasteiger partial charge in [0.1, 0.15) is 17.9 Å². The number of anilines is 1. The van der Waals surface area contributed by atoms with Crippen LogP contribution in [0, 0.1) is 5.92 Å². The molecule has 0 saturated heterocycles. The van der Waals surface area contributed by atoms with Gasteiger partial charge in [0.15, 0.2) is 0 Å². The standard InChI is InChI=1S/C16H25N3O/c1-11(20)12-5-7-13(8-6-12)19-15-9-14(16(2,3)4)17-10-18-15/h9-10,12-13H,5-8H2,1-4H3,(H,17,18,19). The van der Waals surface area contributed by atoms with Crippen molar-refractivity contribution in [2.45, 2.75) is 64.8 Å². The van der Waals surface area contributed by atoms with Gasteiger partial charge in [-0.25, -0.2) is 9.97 Å². The van der Waals surface area contributed by atoms with Gasteiger partial charge in [-0.05, 0) is 32.6 Å². The molecule has 4 nitrogen and oxygen atoms in total. The quantitative estimate of drug-likeness (QED) is 0.919. The Kier molecular flexibility index (Phi) is 4.41. The summed E-state index contributed by atoms with van der Waals surface area (Å²) in [6, 6.07) is 2.46. The molecule has 0 amide bonds. The fraction of sp³-hybridized carbons (Fsp3) is 0.688. The average molecular weight is 275 g/mol. The zero-order valence-electron chi connectivity index (χ0n) is 12.9. The summed E-state index contributed by atoms with van der Waals surface area (Å²) in [7, 11) is 0. The van der Waals surface area contributed by atoms with Gasteiger partial charge in [-0.1, -0.05) is 20.8 Å². The van der Waals surface area contributed by atoms with E-state index in [0.29, 0.717) is 11.8 Å². The molecule has 0 aliphatic heterocycles. The minimum atomic E-state index is 0.0334. The highest BCUT2D eigenvalue weighted by Crippen LogP contribution is 2.27. The second-order valence-electron chi connectivity index (χ2n) is 6.84. The lowest BCUT2D eigenvalue weighted by Gasteiger charge is -2.28. The number of rotatable bonds is 3. The fourth-order valence-electron chi connectivity index (χ4n) is 2.70. The van der Waals surface area contributed by atoms with Crippen LogP contribution in [0.2, 0.25) is 0 Å². The predicted molar refractivity (Wildman–Crippen MR) is 80.8 cm³/mol. The summed E-state index contributed by atoms with van der Waals surface area (Å²) >= 11 is 0. The number of carbonyl (C=O) groups is 1. The monoisotopic (exact) mass is 275 g/mol. The van der Waals surface area contributed by atoms with Crippen molar-refractivity contribution in [3.63, 3.8) is 0 Å². The largest absolute Gasteiger partial charge is 0.367 e. The SMILES string of the molecule is CC(=O)C1CCC(Nc2cc(C(C)(C)C)ncn2)CC1. The molecule has 110 valence electrons. The number of ketones is 1. The Morgan fingerprint density at radius 3 is 2.40 bits per heavy atom. The number of nitrogens with zero attached hydrogens (tertiary/aromatic N) is 2. The van der Waals surface area contributed by atoms with Crippen molar-refractivity contribution in [3.8, 4) is 0 Å². The highest BCUT2D eigenvalue weighted by atomic mass is 16.1. The Labute approximate surface area is 121 Å². The van der Waals surface area contributed by atoms with Crippen molar-refractivity contribution in [1.82, 2.24) is 9.97 Å². The predicted octanol–water partition coefficient (Wildman–Crippen LogP) is 3.33. The average Bonchev–Trinajstić information content (AvgIpc) is 2.38. The van der Waals surface area contributed by atoms with Crippen LogP contribution in [0.15, 0.2) is 12.4 Å². The summed E-state index contributed by atoms with van der Waals surface area (Å²) in [6.45, 7) is 8.16. The normalized spacial score (nSPS) is 23.4. The Morgan fingerprint density at radius 1 is 1.20 bits per heavy atom. The van der Waals surface area contributed by atoms with E-state index in [1.54, 1.807) is 13.3 Å². The van der Waals surface area contributed by atoms with E-state index in [9.17, 15) is 4.79 Å². The van der Waals surface area contributed by atoms with Crippen LogP contribution in [0.5, 0.6) is 0 Å². The lowest BCUT2D eigenvalue weighted by atomic mass is 9.84. The molecule has 0 aromatic carbocycles. The van der Waals surface area contributed by atoms with Gasteiger partial charge in [-0.15, -0.1) is 0 Å². The highest BCUT2D eigenvalue weighted by Gasteiger charge is 2.24. The molecule has 0 spiro atoms. The zero-order valence-corrected chi connectivity index (χ0v) is 12.9. The van der Waals surface area contributed by atoms with Crippen LogP contribution in [0.4, 0.5) is 5.82 Å². The third kappa shape index (κ3) is 3.78. The molecule has 1 heterocycles. The van der Waals surface area contributed by atoms with Gasteiger partial charge in [0, 0.05) is 23.4 Å². The summed E-state index contributed by atoms with van der Waals surface area (Å²) in [5.74, 6) is 1.50. The van der Waals surface area contributed by atoms with E-state index < -0.39 is 0 Å². The zero-order chi connectivity index (χ0) is 14.8. The number of hydrogen-bond donors (Lipinski definition) is 1. The number of carbonyl (C=O) groups excluding carboxylic acids is 1. The van der Waals surface area contributed by atoms with Crippen molar-refractivity contribution >= 4 is 11.6 Å². The minimum Gasteiger partial charge on any atom is -0.367 e. The van der Waals surface area contributed by atoms with Crippen molar-refractivity contribution in [1.29, 1.82) is 0 Å². The molecule has 4 heteroatoms. The highest BCUT2D eigenvalue weighted by molar-refractivity contribution is 5.78. The lowest BCUT2D eigenvalue weighted by molar-refractivity contribution is -0.121. The first-order chi connectivity index (χ1) is 9.36. The van der Waals surface area contributed by atoms with Crippen molar-refractivity contribution in [3.05, 3.63) is 18.1 Å². The number of nitrogens with one attached hydrogen (secondary N) is 1. The van der Waals surface area contributed by atoms with Crippen molar-refractivity contribution in [2.24, 2.45) is 5.92 Å². The molecule has 0 unspecified atom stereocenters. The number of Topliss-reactive ketones (excluding diaryl/α,β-unsaturated/α-hetero) is 1. The maximum atomic E-state index is 11.4. The summed E-state index contributed by atoms with van der Waals surface area (Å²) in [5, 5.41) is 3.49. The van der Waals surface area contributed by atoms with E-state index in [0.717, 1.165) is 37.2 Å². The van der Waals surface area contributed by atoms with Gasteiger partial charge in [0.05, 0.1) is 5.69 Å². The van der Waals surface area contributed by atoms with Crippen LogP contribution >= 0.6 is 0 Å². The smallest absolute Gasteiger partial charge is 0.132 e. The third-order valence-corrected chi connectivity index (χ3v) is 4.09. The maximum Gasteiger partial charge on any atom is 0.132 e. The van der Waals surface area contributed by atoms with E-state index in [1.165, 1.54) is 0 Å². The Hall–Kier alpha value is -1.45. The molecule has 1 aromatic rings. The molecule has 1 aromatic heterocycles. The van der Waals surface area contributed by atoms with Gasteiger partial charge in [-0.2, -0.15) is 0 Å². The molecule has 1 fully saturated rings. The van der Waals surface area contributed by atoms with Crippen LogP contribution in [-0.2, 0) is 10.2 Å². The second-order valence-corrected chi connectivity index (χ2v) is 6.84. The van der Waals surface area contributed by atoms with E-state index in [4.69, 9.17) is 0 Å². The van der Waals surface area contributed by atoms with Crippen molar-refractivity contribution < 1.29 is 4.79 Å². The molecule has 1 aliphatic carbocycles. The molecule has 0 bridgehead atoms. The maximum absolute atomic E-state index is 11.4. The molecule has 1 N–H and O–H groups in total. The van der Waals surface area contributed by atoms with Crippen LogP contribution in [0.25, 0.3) is 0 Å². The topological polar surface area (TPSA) is 54.9 Å². The summed E-state index contributed by atoms with van der Waals surface area (Å²) < 4.78 is 0. The van der Waals surface area contributed by atoms with Gasteiger partial charge < -0.3 is 5.32 Å². The molecule has 2 rings (SSSR count). The molecule has 0 radical (unpaired) electrons. The summed E-state index contributed by atoms with van der Waals surface area (Å²) in [5.41, 5.74) is 1.08. The molecular formula is C16H25N3O. The summed E-state index contributed by atoms with van der Waals surface area (Å²) in [6.07, 6.45) is 5.69. The molecule has 20 heavy (non-hydrogen) atoms. The molecular weight excluding hydrogens is 250 g/mol. The van der Waals surface area contributed by atoms with Crippen LogP contribution in [-0.4, -0.2) is 21.8 Å². The van der Waals surface area contributed by atoms with Crippen LogP contribution in [0.1, 0.15) is 59.1 Å². The van der Waals surface area contributed by atoms with Crippen LogP contribution in [0.3, 0.4) is 0 Å². The number of hydrogen-bond acceptors (Lipinski definition) is 4. The number of aromatic nitrogens is 2. The van der Waals surface area contributed by atoms with Gasteiger partial charge >= 0.3 is 0 Å². The van der Waals surface area contributed by atoms with Crippen molar-refractivity contribution in [2.75, 3.05) is 5.32 Å². The molecule has 0 atom stereocenters. The lowest BCUT2D eigenvalue weighted by Crippen LogP contribution is -2.29. The molecule has 1 saturated carbocycles. The Morgan fingerprint density at radius 2 is 1.85 bits per heavy atom. The Balaban J connectivity index is 1.96. The van der Waals surface area contributed by atoms with E-state index in [-0.39, 0.29) is 11.3 Å². The minimum absolute atomic E-state index is 0.0334. The first-order valence-corrected chi connectivity index (χ1v) is 7.46. The fourth-order valence-corrected chi connectivity index (χ4v) is 2.70. The first kappa shape index (κ1) is 14.9. The van der Waals surface area contributed by atoms with Crippen LogP contribution < -0.4 is 5.32 Å².